The Bertz CT molecular complexity index is 481. The summed E-state index contributed by atoms with van der Waals surface area (Å²) in [5, 5.41) is 53.3. The quantitative estimate of drug-likeness (QED) is 0.186. The summed E-state index contributed by atoms with van der Waals surface area (Å²) in [6.45, 7) is 0. The number of aldehydes is 6. The van der Waals surface area contributed by atoms with Gasteiger partial charge in [0.15, 0.2) is 37.7 Å². The minimum Gasteiger partial charge on any atom is -0.542 e. The van der Waals surface area contributed by atoms with Crippen LogP contribution in [-0.4, -0.2) is 73.5 Å². The number of rotatable bonds is 6. The van der Waals surface area contributed by atoms with Crippen LogP contribution in [0, 0.1) is 31.1 Å². The maximum Gasteiger partial charge on any atom is 0.165 e. The van der Waals surface area contributed by atoms with E-state index in [4.69, 9.17) is 88.2 Å². The Morgan fingerprint density at radius 1 is 0.323 bits per heavy atom. The van der Waals surface area contributed by atoms with Crippen LogP contribution in [0.25, 0.3) is 0 Å². The van der Waals surface area contributed by atoms with Gasteiger partial charge < -0.3 is 59.4 Å². The number of carbonyl (C=O) groups is 12. The number of carboxylic acid groups (broad SMARTS) is 6. The Hall–Kier alpha value is -4.11. The van der Waals surface area contributed by atoms with Crippen LogP contribution in [0.1, 0.15) is 0 Å². The molecule has 0 radical (unpaired) electrons. The van der Waals surface area contributed by atoms with Gasteiger partial charge in [0.25, 0.3) is 0 Å². The smallest absolute Gasteiger partial charge is 0.165 e. The van der Waals surface area contributed by atoms with Gasteiger partial charge in [-0.3, -0.25) is 28.8 Å². The zero-order valence-electron chi connectivity index (χ0n) is 14.3. The molecule has 0 atom stereocenters. The van der Waals surface area contributed by atoms with E-state index in [0.717, 1.165) is 0 Å². The summed E-state index contributed by atoms with van der Waals surface area (Å²) in [5.74, 6) is -10.1. The summed E-state index contributed by atoms with van der Waals surface area (Å²) < 4.78 is 0. The molecule has 0 fully saturated rings. The zero-order chi connectivity index (χ0) is 25.7. The van der Waals surface area contributed by atoms with Crippen molar-refractivity contribution in [2.75, 3.05) is 0 Å². The van der Waals surface area contributed by atoms with E-state index in [2.05, 4.69) is 0 Å². The molecule has 0 spiro atoms. The van der Waals surface area contributed by atoms with Gasteiger partial charge in [-0.1, -0.05) is 0 Å². The number of hydrogen-bond acceptors (Lipinski definition) is 18. The molecule has 0 aliphatic rings. The topological polar surface area (TPSA) is 343 Å². The molecular weight excluding hydrogens is 670 g/mol. The van der Waals surface area contributed by atoms with E-state index in [1.54, 1.807) is 0 Å². The summed E-state index contributed by atoms with van der Waals surface area (Å²) >= 11 is 0. The molecule has 0 aromatic carbocycles. The molecule has 0 unspecified atom stereocenters. The molecule has 0 heterocycles. The molecule has 19 heteroatoms. The number of hydrogen-bond donors (Lipinski definition) is 0. The van der Waals surface area contributed by atoms with E-state index in [1.165, 1.54) is 0 Å². The average molecular weight is 676 g/mol. The molecule has 0 saturated carbocycles. The molecule has 0 amide bonds. The molecular formula is C12H6O18U-6. The fraction of sp³-hybridized carbons (Fsp3) is 0. The van der Waals surface area contributed by atoms with Crippen molar-refractivity contribution in [3.8, 4) is 0 Å². The van der Waals surface area contributed by atoms with Crippen LogP contribution >= 0.6 is 0 Å². The van der Waals surface area contributed by atoms with Gasteiger partial charge in [0.2, 0.25) is 0 Å². The molecule has 0 aliphatic heterocycles. The normalized spacial score (nSPS) is 6.19. The summed E-state index contributed by atoms with van der Waals surface area (Å²) in [6, 6.07) is 0. The molecule has 0 saturated heterocycles. The second-order valence-electron chi connectivity index (χ2n) is 2.62. The number of aliphatic carboxylic acids is 6. The predicted octanol–water partition coefficient (Wildman–Crippen LogP) is -12.4. The van der Waals surface area contributed by atoms with E-state index < -0.39 is 35.8 Å². The molecule has 0 bridgehead atoms. The van der Waals surface area contributed by atoms with Crippen LogP contribution < -0.4 is 30.6 Å². The van der Waals surface area contributed by atoms with Crippen molar-refractivity contribution in [3.05, 3.63) is 0 Å². The first-order valence-electron chi connectivity index (χ1n) is 5.60. The van der Waals surface area contributed by atoms with Crippen LogP contribution in [-0.2, 0) is 57.5 Å². The van der Waals surface area contributed by atoms with Crippen molar-refractivity contribution in [1.82, 2.24) is 0 Å². The molecule has 172 valence electrons. The van der Waals surface area contributed by atoms with E-state index in [0.29, 0.717) is 0 Å². The fourth-order valence-corrected chi connectivity index (χ4v) is 0. The zero-order valence-corrected chi connectivity index (χ0v) is 18.5. The van der Waals surface area contributed by atoms with Gasteiger partial charge in [-0.15, -0.1) is 0 Å². The van der Waals surface area contributed by atoms with E-state index in [1.807, 2.05) is 0 Å². The molecule has 0 rings (SSSR count). The van der Waals surface area contributed by atoms with Gasteiger partial charge in [0.1, 0.15) is 35.8 Å². The Kier molecular flexibility index (Phi) is 59.6. The van der Waals surface area contributed by atoms with Crippen molar-refractivity contribution >= 4 is 73.5 Å². The largest absolute Gasteiger partial charge is 0.542 e. The predicted molar refractivity (Wildman–Crippen MR) is 66.4 cm³/mol. The maximum atomic E-state index is 8.89. The SMILES string of the molecule is O=CC(=O)[O-].O=CC(=O)[O-].O=CC(=O)[O-].O=CC(=O)[O-].O=CC(=O)[O-].O=CC(=O)[O-].[U]. The third-order valence-corrected chi connectivity index (χ3v) is 0.577. The Labute approximate surface area is 192 Å². The molecule has 18 nitrogen and oxygen atoms in total. The number of carboxylic acids is 6. The van der Waals surface area contributed by atoms with Crippen LogP contribution in [0.15, 0.2) is 0 Å². The van der Waals surface area contributed by atoms with Crippen molar-refractivity contribution < 1.29 is 119 Å². The van der Waals surface area contributed by atoms with Gasteiger partial charge in [-0.05, 0) is 0 Å². The van der Waals surface area contributed by atoms with Crippen molar-refractivity contribution in [2.45, 2.75) is 0 Å². The van der Waals surface area contributed by atoms with Crippen LogP contribution in [0.2, 0.25) is 0 Å². The minimum atomic E-state index is -1.68. The summed E-state index contributed by atoms with van der Waals surface area (Å²) in [4.78, 5) is 106. The first-order chi connectivity index (χ1) is 13.6. The molecule has 0 aliphatic carbocycles. The first kappa shape index (κ1) is 45.6. The first-order valence-corrected chi connectivity index (χ1v) is 5.60. The van der Waals surface area contributed by atoms with Gasteiger partial charge in [0.05, 0.1) is 0 Å². The van der Waals surface area contributed by atoms with Crippen molar-refractivity contribution in [1.29, 1.82) is 0 Å². The second-order valence-corrected chi connectivity index (χ2v) is 2.62. The minimum absolute atomic E-state index is 0. The van der Waals surface area contributed by atoms with E-state index in [-0.39, 0.29) is 68.8 Å². The van der Waals surface area contributed by atoms with Crippen LogP contribution in [0.4, 0.5) is 0 Å². The fourth-order valence-electron chi connectivity index (χ4n) is 0. The van der Waals surface area contributed by atoms with Gasteiger partial charge in [-0.25, -0.2) is 0 Å². The third kappa shape index (κ3) is 237. The standard InChI is InChI=1S/6C2H2O3.U/c6*3-1-2(4)5;/h6*1H,(H,4,5);/p-6. The van der Waals surface area contributed by atoms with E-state index in [9.17, 15) is 0 Å². The number of carbonyl (C=O) groups excluding carboxylic acids is 12. The molecule has 0 aromatic rings. The average Bonchev–Trinajstić information content (AvgIpc) is 2.69. The van der Waals surface area contributed by atoms with Crippen LogP contribution in [0.3, 0.4) is 0 Å². The van der Waals surface area contributed by atoms with E-state index >= 15 is 0 Å². The van der Waals surface area contributed by atoms with Crippen LogP contribution in [0.5, 0.6) is 0 Å². The molecule has 0 aromatic heterocycles. The maximum absolute atomic E-state index is 8.89. The summed E-state index contributed by atoms with van der Waals surface area (Å²) in [5.41, 5.74) is 0. The van der Waals surface area contributed by atoms with Crippen molar-refractivity contribution in [2.24, 2.45) is 0 Å². The molecule has 31 heavy (non-hydrogen) atoms. The van der Waals surface area contributed by atoms with Gasteiger partial charge in [0, 0.05) is 31.1 Å². The third-order valence-electron chi connectivity index (χ3n) is 0.577. The Balaban J connectivity index is -0.0000000443. The molecule has 0 N–H and O–H groups in total. The Morgan fingerprint density at radius 2 is 0.355 bits per heavy atom. The Morgan fingerprint density at radius 3 is 0.355 bits per heavy atom. The summed E-state index contributed by atoms with van der Waals surface area (Å²) in [7, 11) is 0. The van der Waals surface area contributed by atoms with Gasteiger partial charge >= 0.3 is 0 Å². The van der Waals surface area contributed by atoms with Crippen molar-refractivity contribution in [3.63, 3.8) is 0 Å². The summed E-state index contributed by atoms with van der Waals surface area (Å²) in [6.07, 6.45) is -1.67. The van der Waals surface area contributed by atoms with Gasteiger partial charge in [-0.2, -0.15) is 0 Å². The monoisotopic (exact) mass is 676 g/mol. The second kappa shape index (κ2) is 40.5.